The van der Waals surface area contributed by atoms with Crippen molar-refractivity contribution in [3.05, 3.63) is 18.3 Å². The summed E-state index contributed by atoms with van der Waals surface area (Å²) >= 11 is 0. The Morgan fingerprint density at radius 1 is 1.07 bits per heavy atom. The van der Waals surface area contributed by atoms with Crippen molar-refractivity contribution >= 4 is 17.6 Å². The van der Waals surface area contributed by atoms with Gasteiger partial charge in [-0.1, -0.05) is 0 Å². The predicted molar refractivity (Wildman–Crippen MR) is 95.1 cm³/mol. The monoisotopic (exact) mass is 398 g/mol. The summed E-state index contributed by atoms with van der Waals surface area (Å²) in [5.41, 5.74) is 6.33. The van der Waals surface area contributed by atoms with Gasteiger partial charge in [0, 0.05) is 30.9 Å². The molecule has 2 saturated heterocycles. The minimum atomic E-state index is -3.05. The highest BCUT2D eigenvalue weighted by atomic mass is 19.3. The van der Waals surface area contributed by atoms with E-state index in [0.29, 0.717) is 17.1 Å². The number of rotatable bonds is 5. The topological polar surface area (TPSA) is 80.4 Å². The first-order valence-electron chi connectivity index (χ1n) is 8.78. The van der Waals surface area contributed by atoms with E-state index < -0.39 is 19.0 Å². The van der Waals surface area contributed by atoms with E-state index in [-0.39, 0.29) is 30.6 Å². The number of hydrogen-bond donors (Lipinski definition) is 1. The van der Waals surface area contributed by atoms with Crippen molar-refractivity contribution in [1.82, 2.24) is 15.0 Å². The maximum atomic E-state index is 13.6. The number of anilines is 3. The van der Waals surface area contributed by atoms with Gasteiger partial charge in [0.25, 0.3) is 0 Å². The second-order valence-corrected chi connectivity index (χ2v) is 6.67. The highest BCUT2D eigenvalue weighted by molar-refractivity contribution is 5.68. The van der Waals surface area contributed by atoms with Gasteiger partial charge in [0.05, 0.1) is 18.8 Å². The molecule has 2 atom stereocenters. The number of alkyl halides is 4. The normalized spacial score (nSPS) is 21.9. The fourth-order valence-electron chi connectivity index (χ4n) is 3.09. The molecule has 2 aromatic heterocycles. The number of hydrogen-bond acceptors (Lipinski definition) is 7. The van der Waals surface area contributed by atoms with E-state index in [2.05, 4.69) is 19.7 Å². The van der Waals surface area contributed by atoms with Crippen molar-refractivity contribution in [3.63, 3.8) is 0 Å². The quantitative estimate of drug-likeness (QED) is 0.775. The van der Waals surface area contributed by atoms with E-state index in [4.69, 9.17) is 5.73 Å². The van der Waals surface area contributed by atoms with Crippen LogP contribution in [0.3, 0.4) is 0 Å². The van der Waals surface area contributed by atoms with Gasteiger partial charge in [-0.25, -0.2) is 18.7 Å². The third-order valence-corrected chi connectivity index (χ3v) is 4.74. The van der Waals surface area contributed by atoms with Crippen LogP contribution in [0, 0.1) is 0 Å². The minimum absolute atomic E-state index is 0.149. The maximum Gasteiger partial charge on any atom is 0.387 e. The van der Waals surface area contributed by atoms with E-state index in [1.54, 1.807) is 6.07 Å². The summed E-state index contributed by atoms with van der Waals surface area (Å²) in [6.45, 7) is -1.75. The van der Waals surface area contributed by atoms with Crippen molar-refractivity contribution in [2.24, 2.45) is 0 Å². The van der Waals surface area contributed by atoms with Crippen molar-refractivity contribution < 1.29 is 22.3 Å². The van der Waals surface area contributed by atoms with Crippen LogP contribution in [0.15, 0.2) is 18.3 Å². The molecular weight excluding hydrogens is 380 g/mol. The summed E-state index contributed by atoms with van der Waals surface area (Å²) in [7, 11) is 0. The number of aromatic nitrogens is 3. The molecule has 0 spiro atoms. The first-order chi connectivity index (χ1) is 13.4. The van der Waals surface area contributed by atoms with Crippen LogP contribution in [-0.2, 0) is 0 Å². The number of ether oxygens (including phenoxy) is 1. The van der Waals surface area contributed by atoms with E-state index >= 15 is 0 Å². The molecule has 4 heterocycles. The fraction of sp³-hybridized carbons (Fsp3) is 0.471. The SMILES string of the molecule is Nc1ncc(-c2cc(N3CCC3)nc(N3C[C@@H](F)[C@@H](F)C3)n2)cc1OC(F)F. The van der Waals surface area contributed by atoms with E-state index in [9.17, 15) is 17.6 Å². The Morgan fingerprint density at radius 2 is 1.79 bits per heavy atom. The van der Waals surface area contributed by atoms with Gasteiger partial charge in [0.2, 0.25) is 5.95 Å². The summed E-state index contributed by atoms with van der Waals surface area (Å²) in [4.78, 5) is 16.1. The van der Waals surface area contributed by atoms with E-state index in [0.717, 1.165) is 19.5 Å². The van der Waals surface area contributed by atoms with Crippen LogP contribution in [0.4, 0.5) is 35.1 Å². The molecular formula is C17H18F4N6O. The zero-order chi connectivity index (χ0) is 19.8. The molecule has 2 N–H and O–H groups in total. The zero-order valence-electron chi connectivity index (χ0n) is 14.7. The van der Waals surface area contributed by atoms with Gasteiger partial charge in [-0.3, -0.25) is 0 Å². The smallest absolute Gasteiger partial charge is 0.387 e. The van der Waals surface area contributed by atoms with Gasteiger partial charge >= 0.3 is 6.61 Å². The van der Waals surface area contributed by atoms with Gasteiger partial charge < -0.3 is 20.3 Å². The second-order valence-electron chi connectivity index (χ2n) is 6.67. The molecule has 0 aliphatic carbocycles. The lowest BCUT2D eigenvalue weighted by Crippen LogP contribution is -2.38. The minimum Gasteiger partial charge on any atom is -0.431 e. The molecule has 0 saturated carbocycles. The predicted octanol–water partition coefficient (Wildman–Crippen LogP) is 2.43. The molecule has 0 bridgehead atoms. The molecule has 7 nitrogen and oxygen atoms in total. The van der Waals surface area contributed by atoms with Crippen LogP contribution >= 0.6 is 0 Å². The summed E-state index contributed by atoms with van der Waals surface area (Å²) in [5, 5.41) is 0. The van der Waals surface area contributed by atoms with Crippen molar-refractivity contribution in [2.45, 2.75) is 25.4 Å². The summed E-state index contributed by atoms with van der Waals surface area (Å²) in [6, 6.07) is 2.98. The van der Waals surface area contributed by atoms with Crippen LogP contribution in [0.5, 0.6) is 5.75 Å². The third-order valence-electron chi connectivity index (χ3n) is 4.74. The van der Waals surface area contributed by atoms with Gasteiger partial charge in [0.1, 0.15) is 5.82 Å². The van der Waals surface area contributed by atoms with Crippen LogP contribution in [0.2, 0.25) is 0 Å². The molecule has 2 aliphatic rings. The Bertz CT molecular complexity index is 856. The number of halogens is 4. The second kappa shape index (κ2) is 7.28. The summed E-state index contributed by atoms with van der Waals surface area (Å²) < 4.78 is 56.8. The first kappa shape index (κ1) is 18.5. The lowest BCUT2D eigenvalue weighted by atomic mass is 10.1. The maximum absolute atomic E-state index is 13.6. The zero-order valence-corrected chi connectivity index (χ0v) is 14.7. The molecule has 11 heteroatoms. The summed E-state index contributed by atoms with van der Waals surface area (Å²) in [6.07, 6.45) is -0.833. The Labute approximate surface area is 158 Å². The largest absolute Gasteiger partial charge is 0.431 e. The number of pyridine rings is 1. The molecule has 0 unspecified atom stereocenters. The Hall–Kier alpha value is -2.85. The average Bonchev–Trinajstić information content (AvgIpc) is 2.94. The fourth-order valence-corrected chi connectivity index (χ4v) is 3.09. The third kappa shape index (κ3) is 3.60. The molecule has 2 fully saturated rings. The molecule has 0 amide bonds. The number of nitrogens with zero attached hydrogens (tertiary/aromatic N) is 5. The van der Waals surface area contributed by atoms with Gasteiger partial charge in [-0.15, -0.1) is 0 Å². The average molecular weight is 398 g/mol. The number of nitrogen functional groups attached to an aromatic ring is 1. The lowest BCUT2D eigenvalue weighted by molar-refractivity contribution is -0.0494. The standard InChI is InChI=1S/C17H18F4N6O/c18-10-7-27(8-11(10)19)17-24-12(5-14(25-17)26-2-1-3-26)9-4-13(28-16(20)21)15(22)23-6-9/h4-6,10-11,16H,1-3,7-8H2,(H2,22,23)/t10-,11+. The summed E-state index contributed by atoms with van der Waals surface area (Å²) in [5.74, 6) is 0.320. The van der Waals surface area contributed by atoms with Crippen LogP contribution in [0.1, 0.15) is 6.42 Å². The molecule has 28 heavy (non-hydrogen) atoms. The van der Waals surface area contributed by atoms with Crippen molar-refractivity contribution in [1.29, 1.82) is 0 Å². The molecule has 4 rings (SSSR count). The number of nitrogens with two attached hydrogens (primary N) is 1. The lowest BCUT2D eigenvalue weighted by Gasteiger charge is -2.32. The Morgan fingerprint density at radius 3 is 2.39 bits per heavy atom. The molecule has 0 radical (unpaired) electrons. The molecule has 0 aromatic carbocycles. The van der Waals surface area contributed by atoms with Crippen molar-refractivity contribution in [3.8, 4) is 17.0 Å². The van der Waals surface area contributed by atoms with E-state index in [1.807, 2.05) is 4.90 Å². The molecule has 2 aromatic rings. The first-order valence-corrected chi connectivity index (χ1v) is 8.78. The highest BCUT2D eigenvalue weighted by Gasteiger charge is 2.35. The van der Waals surface area contributed by atoms with Crippen LogP contribution < -0.4 is 20.3 Å². The van der Waals surface area contributed by atoms with Crippen molar-refractivity contribution in [2.75, 3.05) is 41.7 Å². The van der Waals surface area contributed by atoms with Gasteiger partial charge in [-0.05, 0) is 12.5 Å². The Balaban J connectivity index is 1.73. The molecule has 150 valence electrons. The Kier molecular flexibility index (Phi) is 4.82. The van der Waals surface area contributed by atoms with Crippen LogP contribution in [-0.4, -0.2) is 60.1 Å². The van der Waals surface area contributed by atoms with Gasteiger partial charge in [0.15, 0.2) is 23.9 Å². The molecule has 2 aliphatic heterocycles. The van der Waals surface area contributed by atoms with E-state index in [1.165, 1.54) is 17.2 Å². The highest BCUT2D eigenvalue weighted by Crippen LogP contribution is 2.32. The van der Waals surface area contributed by atoms with Crippen LogP contribution in [0.25, 0.3) is 11.3 Å². The van der Waals surface area contributed by atoms with Gasteiger partial charge in [-0.2, -0.15) is 13.8 Å².